The van der Waals surface area contributed by atoms with Gasteiger partial charge in [-0.1, -0.05) is 39.0 Å². The van der Waals surface area contributed by atoms with Crippen molar-refractivity contribution >= 4 is 19.7 Å². The van der Waals surface area contributed by atoms with Crippen LogP contribution in [0.2, 0.25) is 18.1 Å². The van der Waals surface area contributed by atoms with E-state index in [1.54, 1.807) is 0 Å². The van der Waals surface area contributed by atoms with E-state index >= 15 is 0 Å². The average Bonchev–Trinajstić information content (AvgIpc) is 2.73. The Morgan fingerprint density at radius 1 is 0.871 bits per heavy atom. The molecule has 0 spiro atoms. The van der Waals surface area contributed by atoms with Gasteiger partial charge in [0, 0.05) is 6.61 Å². The number of unbranched alkanes of at least 4 members (excludes halogenated alkanes) is 2. The number of hydrogen-bond donors (Lipinski definition) is 0. The largest absolute Gasteiger partial charge is 0.494 e. The van der Waals surface area contributed by atoms with Crippen molar-refractivity contribution in [1.29, 1.82) is 0 Å². The van der Waals surface area contributed by atoms with Crippen molar-refractivity contribution in [1.82, 2.24) is 0 Å². The summed E-state index contributed by atoms with van der Waals surface area (Å²) in [5, 5.41) is 8.92. The van der Waals surface area contributed by atoms with Crippen LogP contribution in [0.5, 0.6) is 5.75 Å². The van der Waals surface area contributed by atoms with Gasteiger partial charge in [0.2, 0.25) is 0 Å². The predicted molar refractivity (Wildman–Crippen MR) is 133 cm³/mol. The summed E-state index contributed by atoms with van der Waals surface area (Å²) in [5.41, 5.74) is 2.91. The van der Waals surface area contributed by atoms with Crippen molar-refractivity contribution in [3.63, 3.8) is 0 Å². The molecule has 0 aliphatic rings. The number of benzene rings is 2. The van der Waals surface area contributed by atoms with E-state index in [4.69, 9.17) is 9.16 Å². The summed E-state index contributed by atoms with van der Waals surface area (Å²) in [6, 6.07) is 15.9. The van der Waals surface area contributed by atoms with Crippen LogP contribution in [-0.4, -0.2) is 21.5 Å². The first-order valence-corrected chi connectivity index (χ1v) is 14.1. The molecule has 31 heavy (non-hydrogen) atoms. The molecule has 0 radical (unpaired) electrons. The minimum atomic E-state index is -1.68. The Kier molecular flexibility index (Phi) is 9.66. The molecule has 0 unspecified atom stereocenters. The second-order valence-electron chi connectivity index (χ2n) is 9.35. The monoisotopic (exact) mass is 438 g/mol. The zero-order valence-electron chi connectivity index (χ0n) is 19.9. The molecule has 0 aliphatic heterocycles. The van der Waals surface area contributed by atoms with Gasteiger partial charge in [-0.3, -0.25) is 0 Å². The van der Waals surface area contributed by atoms with Crippen LogP contribution >= 0.6 is 0 Å². The third kappa shape index (κ3) is 8.80. The molecule has 0 aromatic heterocycles. The maximum Gasteiger partial charge on any atom is 0.191 e. The molecular formula is C26H38N2O2Si. The lowest BCUT2D eigenvalue weighted by atomic mass is 10.1. The Labute approximate surface area is 189 Å². The van der Waals surface area contributed by atoms with Crippen LogP contribution in [-0.2, 0) is 10.8 Å². The Morgan fingerprint density at radius 3 is 2.00 bits per heavy atom. The number of nitrogens with zero attached hydrogens (tertiary/aromatic N) is 2. The summed E-state index contributed by atoms with van der Waals surface area (Å²) >= 11 is 0. The third-order valence-corrected chi connectivity index (χ3v) is 10.3. The fraction of sp³-hybridized carbons (Fsp3) is 0.462. The minimum absolute atomic E-state index is 0.243. The number of ether oxygens (including phenoxy) is 1. The van der Waals surface area contributed by atoms with E-state index in [1.807, 2.05) is 42.5 Å². The van der Waals surface area contributed by atoms with Crippen molar-refractivity contribution < 1.29 is 9.16 Å². The highest BCUT2D eigenvalue weighted by Crippen LogP contribution is 2.36. The van der Waals surface area contributed by atoms with E-state index in [0.29, 0.717) is 0 Å². The van der Waals surface area contributed by atoms with Crippen molar-refractivity contribution in [3.8, 4) is 5.75 Å². The highest BCUT2D eigenvalue weighted by atomic mass is 28.4. The molecule has 4 nitrogen and oxygen atoms in total. The van der Waals surface area contributed by atoms with Crippen LogP contribution in [0.25, 0.3) is 0 Å². The lowest BCUT2D eigenvalue weighted by molar-refractivity contribution is 0.292. The van der Waals surface area contributed by atoms with Gasteiger partial charge in [-0.25, -0.2) is 0 Å². The SMILES string of the molecule is C=CCCCCOc1ccc(N=Nc2ccc(CCO[Si](C)(C)C(C)(C)C)cc2)cc1. The van der Waals surface area contributed by atoms with Crippen LogP contribution in [0.1, 0.15) is 45.6 Å². The fourth-order valence-electron chi connectivity index (χ4n) is 2.68. The summed E-state index contributed by atoms with van der Waals surface area (Å²) in [6.45, 7) is 16.6. The first kappa shape index (κ1) is 25.0. The third-order valence-electron chi connectivity index (χ3n) is 5.79. The molecule has 0 aliphatic carbocycles. The molecule has 2 aromatic carbocycles. The van der Waals surface area contributed by atoms with Gasteiger partial charge >= 0.3 is 0 Å². The molecule has 0 amide bonds. The second-order valence-corrected chi connectivity index (χ2v) is 14.2. The smallest absolute Gasteiger partial charge is 0.191 e. The number of hydrogen-bond acceptors (Lipinski definition) is 4. The molecule has 168 valence electrons. The Bertz CT molecular complexity index is 822. The molecule has 0 heterocycles. The van der Waals surface area contributed by atoms with Crippen LogP contribution in [0, 0.1) is 0 Å². The first-order valence-electron chi connectivity index (χ1n) is 11.2. The van der Waals surface area contributed by atoms with Gasteiger partial charge in [0.25, 0.3) is 0 Å². The predicted octanol–water partition coefficient (Wildman–Crippen LogP) is 8.40. The van der Waals surface area contributed by atoms with Crippen LogP contribution in [0.15, 0.2) is 71.4 Å². The zero-order chi connectivity index (χ0) is 22.7. The van der Waals surface area contributed by atoms with E-state index in [-0.39, 0.29) is 5.04 Å². The molecule has 2 aromatic rings. The summed E-state index contributed by atoms with van der Waals surface area (Å²) in [5.74, 6) is 0.863. The topological polar surface area (TPSA) is 43.2 Å². The molecule has 5 heteroatoms. The summed E-state index contributed by atoms with van der Waals surface area (Å²) in [4.78, 5) is 0. The van der Waals surface area contributed by atoms with Crippen LogP contribution in [0.3, 0.4) is 0 Å². The zero-order valence-corrected chi connectivity index (χ0v) is 20.9. The van der Waals surface area contributed by atoms with Gasteiger partial charge in [0.1, 0.15) is 5.75 Å². The Hall–Kier alpha value is -2.24. The van der Waals surface area contributed by atoms with Crippen molar-refractivity contribution in [2.45, 2.75) is 64.6 Å². The molecule has 0 atom stereocenters. The first-order chi connectivity index (χ1) is 14.7. The standard InChI is InChI=1S/C26H38N2O2Si/c1-7-8-9-10-20-29-25-17-15-24(16-18-25)28-27-23-13-11-22(12-14-23)19-21-30-31(5,6)26(2,3)4/h7,11-18H,1,8-10,19-21H2,2-6H3. The number of allylic oxidation sites excluding steroid dienone is 1. The highest BCUT2D eigenvalue weighted by molar-refractivity contribution is 6.74. The number of rotatable bonds is 12. The highest BCUT2D eigenvalue weighted by Gasteiger charge is 2.36. The normalized spacial score (nSPS) is 12.3. The van der Waals surface area contributed by atoms with E-state index in [2.05, 4.69) is 62.8 Å². The fourth-order valence-corrected chi connectivity index (χ4v) is 3.72. The van der Waals surface area contributed by atoms with Gasteiger partial charge in [0.15, 0.2) is 8.32 Å². The van der Waals surface area contributed by atoms with Crippen molar-refractivity contribution in [2.24, 2.45) is 10.2 Å². The lowest BCUT2D eigenvalue weighted by Gasteiger charge is -2.36. The molecule has 2 rings (SSSR count). The summed E-state index contributed by atoms with van der Waals surface area (Å²) < 4.78 is 12.0. The Morgan fingerprint density at radius 2 is 1.45 bits per heavy atom. The maximum atomic E-state index is 6.27. The van der Waals surface area contributed by atoms with E-state index in [0.717, 1.165) is 56.0 Å². The van der Waals surface area contributed by atoms with Crippen LogP contribution < -0.4 is 4.74 Å². The van der Waals surface area contributed by atoms with Gasteiger partial charge < -0.3 is 9.16 Å². The van der Waals surface area contributed by atoms with Gasteiger partial charge in [-0.2, -0.15) is 10.2 Å². The maximum absolute atomic E-state index is 6.27. The van der Waals surface area contributed by atoms with Crippen molar-refractivity contribution in [3.05, 3.63) is 66.7 Å². The van der Waals surface area contributed by atoms with Gasteiger partial charge in [-0.05, 0) is 85.8 Å². The van der Waals surface area contributed by atoms with Crippen LogP contribution in [0.4, 0.5) is 11.4 Å². The minimum Gasteiger partial charge on any atom is -0.494 e. The van der Waals surface area contributed by atoms with Crippen molar-refractivity contribution in [2.75, 3.05) is 13.2 Å². The van der Waals surface area contributed by atoms with Gasteiger partial charge in [-0.15, -0.1) is 6.58 Å². The van der Waals surface area contributed by atoms with E-state index in [9.17, 15) is 0 Å². The quantitative estimate of drug-likeness (QED) is 0.144. The molecule has 0 N–H and O–H groups in total. The van der Waals surface area contributed by atoms with E-state index in [1.165, 1.54) is 5.56 Å². The molecule has 0 saturated carbocycles. The van der Waals surface area contributed by atoms with E-state index < -0.39 is 8.32 Å². The Balaban J connectivity index is 1.79. The summed E-state index contributed by atoms with van der Waals surface area (Å²) in [7, 11) is -1.68. The molecule has 0 fully saturated rings. The number of azo groups is 1. The average molecular weight is 439 g/mol. The molecule has 0 bridgehead atoms. The molecular weight excluding hydrogens is 400 g/mol. The van der Waals surface area contributed by atoms with Gasteiger partial charge in [0.05, 0.1) is 18.0 Å². The second kappa shape index (κ2) is 12.0. The summed E-state index contributed by atoms with van der Waals surface area (Å²) in [6.07, 6.45) is 6.04. The molecule has 0 saturated heterocycles. The lowest BCUT2D eigenvalue weighted by Crippen LogP contribution is -2.41.